The van der Waals surface area contributed by atoms with Crippen LogP contribution in [0.2, 0.25) is 0 Å². The molecular formula is C14H19NO2. The normalized spacial score (nSPS) is 11.3. The van der Waals surface area contributed by atoms with E-state index in [-0.39, 0.29) is 6.10 Å². The first-order valence-corrected chi connectivity index (χ1v) is 6.04. The maximum absolute atomic E-state index is 5.79. The van der Waals surface area contributed by atoms with Gasteiger partial charge in [-0.15, -0.1) is 0 Å². The van der Waals surface area contributed by atoms with Gasteiger partial charge in [0, 0.05) is 18.2 Å². The van der Waals surface area contributed by atoms with Gasteiger partial charge in [-0.3, -0.25) is 0 Å². The molecule has 0 fully saturated rings. The van der Waals surface area contributed by atoms with Crippen LogP contribution in [0, 0.1) is 0 Å². The molecule has 2 rings (SSSR count). The van der Waals surface area contributed by atoms with Crippen molar-refractivity contribution in [1.29, 1.82) is 0 Å². The van der Waals surface area contributed by atoms with Crippen molar-refractivity contribution in [2.24, 2.45) is 0 Å². The standard InChI is InChI=1S/C14H19NO2/c1-4-16-10-15-9-8-12-13(15)6-5-7-14(12)17-11(2)3/h5-9,11H,4,10H2,1-3H3. The topological polar surface area (TPSA) is 23.4 Å². The van der Waals surface area contributed by atoms with Crippen LogP contribution in [0.25, 0.3) is 10.9 Å². The molecule has 0 saturated carbocycles. The van der Waals surface area contributed by atoms with Gasteiger partial charge in [-0.1, -0.05) is 6.07 Å². The minimum Gasteiger partial charge on any atom is -0.490 e. The third-order valence-corrected chi connectivity index (χ3v) is 2.57. The van der Waals surface area contributed by atoms with E-state index in [0.717, 1.165) is 23.3 Å². The lowest BCUT2D eigenvalue weighted by molar-refractivity contribution is 0.0909. The molecule has 0 amide bonds. The summed E-state index contributed by atoms with van der Waals surface area (Å²) >= 11 is 0. The fourth-order valence-electron chi connectivity index (χ4n) is 1.85. The van der Waals surface area contributed by atoms with Crippen molar-refractivity contribution >= 4 is 10.9 Å². The molecule has 1 aromatic carbocycles. The molecule has 1 heterocycles. The van der Waals surface area contributed by atoms with E-state index in [1.165, 1.54) is 0 Å². The highest BCUT2D eigenvalue weighted by Crippen LogP contribution is 2.27. The zero-order valence-corrected chi connectivity index (χ0v) is 10.6. The zero-order valence-electron chi connectivity index (χ0n) is 10.6. The number of aromatic nitrogens is 1. The Hall–Kier alpha value is -1.48. The average Bonchev–Trinajstić information content (AvgIpc) is 2.70. The Balaban J connectivity index is 2.35. The summed E-state index contributed by atoms with van der Waals surface area (Å²) in [5.74, 6) is 0.938. The quantitative estimate of drug-likeness (QED) is 0.790. The lowest BCUT2D eigenvalue weighted by Gasteiger charge is -2.11. The Kier molecular flexibility index (Phi) is 3.69. The fraction of sp³-hybridized carbons (Fsp3) is 0.429. The molecule has 0 spiro atoms. The summed E-state index contributed by atoms with van der Waals surface area (Å²) in [6.45, 7) is 7.39. The van der Waals surface area contributed by atoms with Gasteiger partial charge in [0.25, 0.3) is 0 Å². The van der Waals surface area contributed by atoms with Gasteiger partial charge in [0.1, 0.15) is 12.5 Å². The van der Waals surface area contributed by atoms with Crippen molar-refractivity contribution in [2.45, 2.75) is 33.6 Å². The summed E-state index contributed by atoms with van der Waals surface area (Å²) in [5.41, 5.74) is 1.15. The number of nitrogens with zero attached hydrogens (tertiary/aromatic N) is 1. The molecule has 17 heavy (non-hydrogen) atoms. The molecule has 0 atom stereocenters. The van der Waals surface area contributed by atoms with E-state index in [4.69, 9.17) is 9.47 Å². The first-order chi connectivity index (χ1) is 8.22. The molecule has 0 unspecified atom stereocenters. The third kappa shape index (κ3) is 2.61. The van der Waals surface area contributed by atoms with E-state index in [2.05, 4.69) is 16.7 Å². The Labute approximate surface area is 102 Å². The molecule has 92 valence electrons. The van der Waals surface area contributed by atoms with Crippen LogP contribution in [-0.4, -0.2) is 17.3 Å². The lowest BCUT2D eigenvalue weighted by atomic mass is 10.2. The molecule has 0 aliphatic carbocycles. The number of ether oxygens (including phenoxy) is 2. The van der Waals surface area contributed by atoms with E-state index < -0.39 is 0 Å². The average molecular weight is 233 g/mol. The first-order valence-electron chi connectivity index (χ1n) is 6.04. The summed E-state index contributed by atoms with van der Waals surface area (Å²) in [7, 11) is 0. The van der Waals surface area contributed by atoms with Crippen molar-refractivity contribution in [3.63, 3.8) is 0 Å². The summed E-state index contributed by atoms with van der Waals surface area (Å²) < 4.78 is 13.3. The molecule has 3 nitrogen and oxygen atoms in total. The van der Waals surface area contributed by atoms with Gasteiger partial charge in [-0.05, 0) is 39.0 Å². The highest BCUT2D eigenvalue weighted by Gasteiger charge is 2.07. The monoisotopic (exact) mass is 233 g/mol. The van der Waals surface area contributed by atoms with Gasteiger partial charge in [0.15, 0.2) is 0 Å². The molecule has 0 aliphatic heterocycles. The zero-order chi connectivity index (χ0) is 12.3. The molecule has 0 bridgehead atoms. The van der Waals surface area contributed by atoms with Crippen molar-refractivity contribution < 1.29 is 9.47 Å². The summed E-state index contributed by atoms with van der Waals surface area (Å²) in [4.78, 5) is 0. The van der Waals surface area contributed by atoms with Crippen molar-refractivity contribution in [3.8, 4) is 5.75 Å². The van der Waals surface area contributed by atoms with Gasteiger partial charge in [0.05, 0.1) is 11.6 Å². The van der Waals surface area contributed by atoms with E-state index in [9.17, 15) is 0 Å². The fourth-order valence-corrected chi connectivity index (χ4v) is 1.85. The Morgan fingerprint density at radius 3 is 2.76 bits per heavy atom. The summed E-state index contributed by atoms with van der Waals surface area (Å²) in [6, 6.07) is 8.18. The molecule has 0 N–H and O–H groups in total. The smallest absolute Gasteiger partial charge is 0.129 e. The second-order valence-electron chi connectivity index (χ2n) is 4.26. The van der Waals surface area contributed by atoms with Gasteiger partial charge in [0.2, 0.25) is 0 Å². The van der Waals surface area contributed by atoms with Crippen LogP contribution in [0.15, 0.2) is 30.5 Å². The minimum absolute atomic E-state index is 0.191. The molecule has 0 radical (unpaired) electrons. The van der Waals surface area contributed by atoms with Crippen LogP contribution in [0.5, 0.6) is 5.75 Å². The second kappa shape index (κ2) is 5.23. The van der Waals surface area contributed by atoms with E-state index in [1.807, 2.05) is 39.1 Å². The highest BCUT2D eigenvalue weighted by molar-refractivity contribution is 5.86. The maximum atomic E-state index is 5.79. The number of fused-ring (bicyclic) bond motifs is 1. The van der Waals surface area contributed by atoms with Crippen molar-refractivity contribution in [3.05, 3.63) is 30.5 Å². The van der Waals surface area contributed by atoms with Crippen LogP contribution < -0.4 is 4.74 Å². The van der Waals surface area contributed by atoms with Crippen LogP contribution in [-0.2, 0) is 11.5 Å². The van der Waals surface area contributed by atoms with E-state index in [0.29, 0.717) is 6.73 Å². The Morgan fingerprint density at radius 1 is 1.24 bits per heavy atom. The predicted octanol–water partition coefficient (Wildman–Crippen LogP) is 3.42. The van der Waals surface area contributed by atoms with Crippen LogP contribution in [0.4, 0.5) is 0 Å². The Morgan fingerprint density at radius 2 is 2.06 bits per heavy atom. The molecular weight excluding hydrogens is 214 g/mol. The van der Waals surface area contributed by atoms with Gasteiger partial charge >= 0.3 is 0 Å². The number of benzene rings is 1. The third-order valence-electron chi connectivity index (χ3n) is 2.57. The molecule has 2 aromatic rings. The maximum Gasteiger partial charge on any atom is 0.129 e. The first kappa shape index (κ1) is 12.0. The summed E-state index contributed by atoms with van der Waals surface area (Å²) in [5, 5.41) is 1.14. The van der Waals surface area contributed by atoms with E-state index >= 15 is 0 Å². The lowest BCUT2D eigenvalue weighted by Crippen LogP contribution is -2.05. The van der Waals surface area contributed by atoms with Gasteiger partial charge in [-0.2, -0.15) is 0 Å². The van der Waals surface area contributed by atoms with Crippen molar-refractivity contribution in [1.82, 2.24) is 4.57 Å². The minimum atomic E-state index is 0.191. The number of rotatable bonds is 5. The van der Waals surface area contributed by atoms with Crippen LogP contribution in [0.1, 0.15) is 20.8 Å². The number of hydrogen-bond acceptors (Lipinski definition) is 2. The summed E-state index contributed by atoms with van der Waals surface area (Å²) in [6.07, 6.45) is 2.23. The highest BCUT2D eigenvalue weighted by atomic mass is 16.5. The SMILES string of the molecule is CCOCn1ccc2c(OC(C)C)cccc21. The van der Waals surface area contributed by atoms with Gasteiger partial charge in [-0.25, -0.2) is 0 Å². The molecule has 0 aliphatic rings. The largest absolute Gasteiger partial charge is 0.490 e. The van der Waals surface area contributed by atoms with Gasteiger partial charge < -0.3 is 14.0 Å². The number of hydrogen-bond donors (Lipinski definition) is 0. The molecule has 0 saturated heterocycles. The van der Waals surface area contributed by atoms with E-state index in [1.54, 1.807) is 0 Å². The predicted molar refractivity (Wildman–Crippen MR) is 69.3 cm³/mol. The molecule has 1 aromatic heterocycles. The molecule has 3 heteroatoms. The second-order valence-corrected chi connectivity index (χ2v) is 4.26. The Bertz CT molecular complexity index is 488. The van der Waals surface area contributed by atoms with Crippen molar-refractivity contribution in [2.75, 3.05) is 6.61 Å². The van der Waals surface area contributed by atoms with Crippen LogP contribution >= 0.6 is 0 Å². The van der Waals surface area contributed by atoms with Crippen LogP contribution in [0.3, 0.4) is 0 Å².